The molecule has 0 unspecified atom stereocenters. The van der Waals surface area contributed by atoms with Crippen LogP contribution in [0.5, 0.6) is 23.0 Å². The molecule has 22 rings (SSSR count). The van der Waals surface area contributed by atoms with Crippen LogP contribution in [0.4, 0.5) is 0 Å². The summed E-state index contributed by atoms with van der Waals surface area (Å²) in [7, 11) is 0. The SMILES string of the molecule is Clc1nc(-c2ccccc2)nc(-c2ccccc2)n1.c1ccc(-c2nc(-c3ccccc3)nc(-n3c4ccccc4c4cc5c(cc43)C3(c4ccccc4Oc4ccccc43)c3ccccc3-5)n2)cc1.c1ccc2c(c1)Cc1cc3c(cc1-2)-c1ccccc1C31c2ccccc2Oc2ccccc21. The number of fused-ring (bicyclic) bond motifs is 24. The molecule has 0 N–H and O–H groups in total. The third-order valence-corrected chi connectivity index (χ3v) is 21.1. The predicted octanol–water partition coefficient (Wildman–Crippen LogP) is 22.4. The number of hydrogen-bond acceptors (Lipinski definition) is 8. The van der Waals surface area contributed by atoms with Crippen LogP contribution in [0.2, 0.25) is 5.28 Å². The van der Waals surface area contributed by atoms with Crippen molar-refractivity contribution in [2.75, 3.05) is 0 Å². The number of benzene rings is 14. The molecule has 2 aliphatic heterocycles. The average molecular weight is 1340 g/mol. The van der Waals surface area contributed by atoms with E-state index in [2.05, 4.69) is 238 Å². The van der Waals surface area contributed by atoms with E-state index >= 15 is 0 Å². The molecule has 0 amide bonds. The van der Waals surface area contributed by atoms with Crippen LogP contribution in [0, 0.1) is 0 Å². The van der Waals surface area contributed by atoms with E-state index in [0.717, 1.165) is 84.6 Å². The Labute approximate surface area is 599 Å². The molecule has 5 heterocycles. The average Bonchev–Trinajstić information content (AvgIpc) is 1.54. The predicted molar refractivity (Wildman–Crippen MR) is 410 cm³/mol. The summed E-state index contributed by atoms with van der Waals surface area (Å²) in [6.45, 7) is 0. The second-order valence-corrected chi connectivity index (χ2v) is 26.8. The van der Waals surface area contributed by atoms with Crippen molar-refractivity contribution in [1.29, 1.82) is 0 Å². The van der Waals surface area contributed by atoms with Gasteiger partial charge in [-0.15, -0.1) is 0 Å². The van der Waals surface area contributed by atoms with E-state index in [1.54, 1.807) is 0 Å². The minimum atomic E-state index is -0.587. The Morgan fingerprint density at radius 2 is 0.631 bits per heavy atom. The first-order chi connectivity index (χ1) is 51.0. The van der Waals surface area contributed by atoms with E-state index in [4.69, 9.17) is 36.0 Å². The molecule has 0 radical (unpaired) electrons. The monoisotopic (exact) mass is 1340 g/mol. The molecule has 14 aromatic carbocycles. The summed E-state index contributed by atoms with van der Waals surface area (Å²) >= 11 is 5.99. The van der Waals surface area contributed by atoms with Gasteiger partial charge >= 0.3 is 0 Å². The van der Waals surface area contributed by atoms with E-state index in [1.165, 1.54) is 77.9 Å². The molecule has 3 aliphatic carbocycles. The number of rotatable bonds is 5. The molecular weight excluding hydrogens is 1280 g/mol. The van der Waals surface area contributed by atoms with Crippen molar-refractivity contribution in [3.8, 4) is 108 Å². The molecular formula is C93H58ClN7O2. The molecule has 9 nitrogen and oxygen atoms in total. The van der Waals surface area contributed by atoms with Crippen LogP contribution < -0.4 is 9.47 Å². The number of para-hydroxylation sites is 5. The Morgan fingerprint density at radius 1 is 0.262 bits per heavy atom. The van der Waals surface area contributed by atoms with Crippen molar-refractivity contribution in [2.24, 2.45) is 0 Å². The van der Waals surface area contributed by atoms with Crippen LogP contribution in [0.3, 0.4) is 0 Å². The number of aromatic nitrogens is 7. The van der Waals surface area contributed by atoms with Gasteiger partial charge in [0.05, 0.1) is 21.9 Å². The van der Waals surface area contributed by atoms with Crippen LogP contribution in [-0.4, -0.2) is 34.5 Å². The van der Waals surface area contributed by atoms with Gasteiger partial charge in [-0.25, -0.2) is 9.97 Å². The minimum absolute atomic E-state index is 0.202. The molecule has 0 atom stereocenters. The zero-order valence-electron chi connectivity index (χ0n) is 55.4. The van der Waals surface area contributed by atoms with E-state index in [1.807, 2.05) is 121 Å². The summed E-state index contributed by atoms with van der Waals surface area (Å²) in [5.74, 6) is 6.63. The molecule has 0 saturated heterocycles. The zero-order valence-corrected chi connectivity index (χ0v) is 56.1. The smallest absolute Gasteiger partial charge is 0.238 e. The summed E-state index contributed by atoms with van der Waals surface area (Å²) in [4.78, 5) is 28.2. The fraction of sp³-hybridized carbons (Fsp3) is 0.0323. The summed E-state index contributed by atoms with van der Waals surface area (Å²) < 4.78 is 15.3. The molecule has 103 heavy (non-hydrogen) atoms. The molecule has 484 valence electrons. The molecule has 10 heteroatoms. The van der Waals surface area contributed by atoms with E-state index in [9.17, 15) is 0 Å². The van der Waals surface area contributed by atoms with Gasteiger partial charge in [0.1, 0.15) is 23.0 Å². The van der Waals surface area contributed by atoms with Gasteiger partial charge in [0, 0.05) is 55.3 Å². The first kappa shape index (κ1) is 59.8. The van der Waals surface area contributed by atoms with Gasteiger partial charge in [0.15, 0.2) is 23.3 Å². The maximum absolute atomic E-state index is 6.60. The Kier molecular flexibility index (Phi) is 13.9. The Bertz CT molecular complexity index is 6050. The van der Waals surface area contributed by atoms with Crippen LogP contribution in [0.15, 0.2) is 340 Å². The van der Waals surface area contributed by atoms with Crippen molar-refractivity contribution in [2.45, 2.75) is 17.3 Å². The quantitative estimate of drug-likeness (QED) is 0.168. The van der Waals surface area contributed by atoms with Gasteiger partial charge in [0.25, 0.3) is 0 Å². The number of halogens is 1. The third kappa shape index (κ3) is 9.40. The van der Waals surface area contributed by atoms with Crippen LogP contribution >= 0.6 is 11.6 Å². The highest BCUT2D eigenvalue weighted by molar-refractivity contribution is 6.28. The molecule has 0 bridgehead atoms. The standard InChI is InChI=1S/C46H28N4O.C32H20O.C15H10ClN3/c1-3-15-29(16-4-1)43-47-44(30-17-5-2-6-18-30)49-45(48-43)50-39-24-12-8-20-32(39)34-27-33-31-19-7-9-21-35(31)46(38(33)28-40(34)50)36-22-10-13-25-41(36)51-42-26-14-11-23-37(42)46;1-2-10-22-20(9-1)17-21-18-29-25(19-24(21)22)23-11-3-4-12-26(23)32(29)27-13-5-7-15-30(27)33-31-16-8-6-14-28(31)32;16-15-18-13(11-7-3-1-4-8-11)17-14(19-15)12-9-5-2-6-10-12/h1-28H;1-16,18-19H,17H2;1-10H. The van der Waals surface area contributed by atoms with Crippen molar-refractivity contribution in [3.63, 3.8) is 0 Å². The minimum Gasteiger partial charge on any atom is -0.457 e. The van der Waals surface area contributed by atoms with Crippen LogP contribution in [0.25, 0.3) is 107 Å². The fourth-order valence-corrected chi connectivity index (χ4v) is 16.9. The Morgan fingerprint density at radius 3 is 1.11 bits per heavy atom. The fourth-order valence-electron chi connectivity index (χ4n) is 16.7. The van der Waals surface area contributed by atoms with Gasteiger partial charge in [-0.05, 0) is 133 Å². The second-order valence-electron chi connectivity index (χ2n) is 26.4. The summed E-state index contributed by atoms with van der Waals surface area (Å²) in [5, 5.41) is 2.49. The molecule has 17 aromatic rings. The van der Waals surface area contributed by atoms with Gasteiger partial charge in [-0.3, -0.25) is 4.57 Å². The number of ether oxygens (including phenoxy) is 2. The lowest BCUT2D eigenvalue weighted by Crippen LogP contribution is -2.32. The zero-order chi connectivity index (χ0) is 68.2. The summed E-state index contributed by atoms with van der Waals surface area (Å²) in [5.41, 5.74) is 25.4. The summed E-state index contributed by atoms with van der Waals surface area (Å²) in [6, 6.07) is 119. The van der Waals surface area contributed by atoms with Crippen molar-refractivity contribution in [1.82, 2.24) is 34.5 Å². The molecule has 0 fully saturated rings. The van der Waals surface area contributed by atoms with Crippen LogP contribution in [0.1, 0.15) is 55.6 Å². The second kappa shape index (κ2) is 24.0. The highest BCUT2D eigenvalue weighted by Gasteiger charge is 2.53. The molecule has 5 aliphatic rings. The van der Waals surface area contributed by atoms with Crippen molar-refractivity contribution < 1.29 is 9.47 Å². The van der Waals surface area contributed by atoms with Crippen molar-refractivity contribution >= 4 is 33.4 Å². The van der Waals surface area contributed by atoms with E-state index < -0.39 is 5.41 Å². The number of nitrogens with zero attached hydrogens (tertiary/aromatic N) is 7. The van der Waals surface area contributed by atoms with E-state index in [0.29, 0.717) is 29.2 Å². The maximum atomic E-state index is 6.60. The highest BCUT2D eigenvalue weighted by Crippen LogP contribution is 2.65. The number of hydrogen-bond donors (Lipinski definition) is 0. The van der Waals surface area contributed by atoms with Gasteiger partial charge in [-0.1, -0.05) is 291 Å². The largest absolute Gasteiger partial charge is 0.457 e. The van der Waals surface area contributed by atoms with Crippen molar-refractivity contribution in [3.05, 3.63) is 401 Å². The third-order valence-electron chi connectivity index (χ3n) is 21.0. The lowest BCUT2D eigenvalue weighted by atomic mass is 9.66. The van der Waals surface area contributed by atoms with E-state index in [-0.39, 0.29) is 10.7 Å². The summed E-state index contributed by atoms with van der Waals surface area (Å²) in [6.07, 6.45) is 0.991. The maximum Gasteiger partial charge on any atom is 0.238 e. The Balaban J connectivity index is 0.000000116. The highest BCUT2D eigenvalue weighted by atomic mass is 35.5. The Hall–Kier alpha value is -13.2. The molecule has 0 saturated carbocycles. The lowest BCUT2D eigenvalue weighted by molar-refractivity contribution is 0.436. The first-order valence-electron chi connectivity index (χ1n) is 34.6. The molecule has 3 aromatic heterocycles. The lowest BCUT2D eigenvalue weighted by Gasteiger charge is -2.39. The van der Waals surface area contributed by atoms with Gasteiger partial charge in [0.2, 0.25) is 11.2 Å². The molecule has 2 spiro atoms. The van der Waals surface area contributed by atoms with Crippen LogP contribution in [-0.2, 0) is 17.3 Å². The normalized spacial score (nSPS) is 13.4. The van der Waals surface area contributed by atoms with Gasteiger partial charge < -0.3 is 9.47 Å². The first-order valence-corrected chi connectivity index (χ1v) is 35.0. The topological polar surface area (TPSA) is 101 Å². The van der Waals surface area contributed by atoms with Gasteiger partial charge in [-0.2, -0.15) is 19.9 Å².